The fourth-order valence-electron chi connectivity index (χ4n) is 4.25. The normalized spacial score (nSPS) is 24.3. The Morgan fingerprint density at radius 1 is 1.23 bits per heavy atom. The van der Waals surface area contributed by atoms with Crippen molar-refractivity contribution in [1.29, 1.82) is 0 Å². The number of ether oxygens (including phenoxy) is 1. The minimum Gasteiger partial charge on any atom is -0.497 e. The summed E-state index contributed by atoms with van der Waals surface area (Å²) in [5.74, 6) is 2.93. The van der Waals surface area contributed by atoms with Gasteiger partial charge in [0, 0.05) is 31.2 Å². The maximum Gasteiger partial charge on any atom is 0.227 e. The molecule has 6 nitrogen and oxygen atoms in total. The van der Waals surface area contributed by atoms with Gasteiger partial charge < -0.3 is 15.0 Å². The number of amides is 1. The highest BCUT2D eigenvalue weighted by atomic mass is 16.5. The highest BCUT2D eigenvalue weighted by Gasteiger charge is 2.43. The van der Waals surface area contributed by atoms with Crippen LogP contribution in [0.5, 0.6) is 5.75 Å². The lowest BCUT2D eigenvalue weighted by Gasteiger charge is -2.22. The van der Waals surface area contributed by atoms with Crippen molar-refractivity contribution in [3.8, 4) is 5.75 Å². The summed E-state index contributed by atoms with van der Waals surface area (Å²) >= 11 is 0. The Balaban J connectivity index is 1.35. The molecule has 1 saturated carbocycles. The summed E-state index contributed by atoms with van der Waals surface area (Å²) in [6, 6.07) is 11.9. The number of benzene rings is 1. The third-order valence-electron chi connectivity index (χ3n) is 5.63. The topological polar surface area (TPSA) is 67.3 Å². The Hall–Kier alpha value is -2.63. The zero-order valence-corrected chi connectivity index (χ0v) is 15.0. The molecule has 2 heterocycles. The van der Waals surface area contributed by atoms with E-state index in [-0.39, 0.29) is 5.91 Å². The number of fused-ring (bicyclic) bond motifs is 1. The molecule has 136 valence electrons. The first-order valence-corrected chi connectivity index (χ1v) is 9.18. The van der Waals surface area contributed by atoms with Crippen molar-refractivity contribution in [2.75, 3.05) is 25.5 Å². The van der Waals surface area contributed by atoms with E-state index >= 15 is 0 Å². The second-order valence-electron chi connectivity index (χ2n) is 7.18. The Kier molecular flexibility index (Phi) is 4.73. The van der Waals surface area contributed by atoms with Crippen LogP contribution >= 0.6 is 0 Å². The minimum absolute atomic E-state index is 0.211. The van der Waals surface area contributed by atoms with Crippen LogP contribution < -0.4 is 10.1 Å². The molecule has 0 bridgehead atoms. The van der Waals surface area contributed by atoms with Gasteiger partial charge in [-0.1, -0.05) is 12.1 Å². The molecule has 6 heteroatoms. The first-order valence-electron chi connectivity index (χ1n) is 9.18. The third-order valence-corrected chi connectivity index (χ3v) is 5.63. The lowest BCUT2D eigenvalue weighted by atomic mass is 9.98. The molecular weight excluding hydrogens is 328 g/mol. The van der Waals surface area contributed by atoms with Crippen LogP contribution in [0, 0.1) is 11.8 Å². The number of carbonyl (C=O) groups is 1. The molecule has 1 amide bonds. The van der Waals surface area contributed by atoms with Crippen LogP contribution in [-0.2, 0) is 11.2 Å². The molecular formula is C20H24N4O2. The fourth-order valence-corrected chi connectivity index (χ4v) is 4.25. The molecule has 1 aliphatic heterocycles. The van der Waals surface area contributed by atoms with Gasteiger partial charge in [0.15, 0.2) is 0 Å². The van der Waals surface area contributed by atoms with E-state index in [0.717, 1.165) is 43.1 Å². The zero-order valence-electron chi connectivity index (χ0n) is 15.0. The van der Waals surface area contributed by atoms with Gasteiger partial charge in [0.25, 0.3) is 0 Å². The van der Waals surface area contributed by atoms with Crippen LogP contribution in [0.4, 0.5) is 5.82 Å². The van der Waals surface area contributed by atoms with Crippen molar-refractivity contribution in [2.24, 2.45) is 11.8 Å². The van der Waals surface area contributed by atoms with E-state index < -0.39 is 0 Å². The van der Waals surface area contributed by atoms with Crippen molar-refractivity contribution >= 4 is 11.7 Å². The van der Waals surface area contributed by atoms with E-state index in [0.29, 0.717) is 24.3 Å². The molecule has 1 aromatic heterocycles. The number of nitrogens with one attached hydrogen (secondary N) is 1. The van der Waals surface area contributed by atoms with Gasteiger partial charge in [-0.2, -0.15) is 5.10 Å². The summed E-state index contributed by atoms with van der Waals surface area (Å²) < 4.78 is 5.17. The number of likely N-dealkylation sites (tertiary alicyclic amines) is 1. The largest absolute Gasteiger partial charge is 0.497 e. The number of anilines is 1. The number of methoxy groups -OCH3 is 1. The monoisotopic (exact) mass is 352 g/mol. The molecule has 2 aliphatic rings. The lowest BCUT2D eigenvalue weighted by Crippen LogP contribution is -2.34. The van der Waals surface area contributed by atoms with Crippen LogP contribution in [0.15, 0.2) is 42.6 Å². The van der Waals surface area contributed by atoms with Crippen molar-refractivity contribution in [3.05, 3.63) is 48.2 Å². The zero-order chi connectivity index (χ0) is 17.9. The van der Waals surface area contributed by atoms with E-state index in [1.807, 2.05) is 41.3 Å². The molecule has 2 aromatic rings. The molecule has 1 saturated heterocycles. The van der Waals surface area contributed by atoms with Crippen LogP contribution in [0.2, 0.25) is 0 Å². The van der Waals surface area contributed by atoms with E-state index in [9.17, 15) is 4.79 Å². The average Bonchev–Trinajstić information content (AvgIpc) is 3.25. The molecule has 2 fully saturated rings. The van der Waals surface area contributed by atoms with E-state index in [1.165, 1.54) is 0 Å². The van der Waals surface area contributed by atoms with E-state index in [1.54, 1.807) is 13.3 Å². The summed E-state index contributed by atoms with van der Waals surface area (Å²) in [5, 5.41) is 11.6. The molecule has 4 rings (SSSR count). The van der Waals surface area contributed by atoms with Gasteiger partial charge in [-0.05, 0) is 48.6 Å². The maximum atomic E-state index is 12.7. The smallest absolute Gasteiger partial charge is 0.227 e. The first kappa shape index (κ1) is 16.8. The minimum atomic E-state index is 0.211. The number of carbonyl (C=O) groups excluding carboxylic acids is 1. The van der Waals surface area contributed by atoms with Crippen LogP contribution in [0.3, 0.4) is 0 Å². The molecule has 26 heavy (non-hydrogen) atoms. The fraction of sp³-hybridized carbons (Fsp3) is 0.450. The quantitative estimate of drug-likeness (QED) is 0.895. The number of nitrogens with zero attached hydrogens (tertiary/aromatic N) is 3. The van der Waals surface area contributed by atoms with Crippen LogP contribution in [-0.4, -0.2) is 47.2 Å². The Morgan fingerprint density at radius 3 is 2.81 bits per heavy atom. The second-order valence-corrected chi connectivity index (χ2v) is 7.18. The van der Waals surface area contributed by atoms with Gasteiger partial charge >= 0.3 is 0 Å². The number of aromatic nitrogens is 2. The average molecular weight is 352 g/mol. The van der Waals surface area contributed by atoms with Crippen molar-refractivity contribution in [3.63, 3.8) is 0 Å². The third kappa shape index (κ3) is 3.49. The Bertz CT molecular complexity index is 750. The van der Waals surface area contributed by atoms with Crippen molar-refractivity contribution in [1.82, 2.24) is 15.1 Å². The highest BCUT2D eigenvalue weighted by molar-refractivity contribution is 5.79. The molecule has 3 atom stereocenters. The second kappa shape index (κ2) is 7.32. The van der Waals surface area contributed by atoms with Gasteiger partial charge in [0.05, 0.1) is 13.5 Å². The summed E-state index contributed by atoms with van der Waals surface area (Å²) in [6.45, 7) is 1.70. The lowest BCUT2D eigenvalue weighted by molar-refractivity contribution is -0.129. The van der Waals surface area contributed by atoms with Crippen molar-refractivity contribution in [2.45, 2.75) is 25.3 Å². The summed E-state index contributed by atoms with van der Waals surface area (Å²) in [6.07, 6.45) is 4.42. The summed E-state index contributed by atoms with van der Waals surface area (Å²) in [5.41, 5.74) is 1.03. The predicted molar refractivity (Wildman–Crippen MR) is 98.9 cm³/mol. The maximum absolute atomic E-state index is 12.7. The Labute approximate surface area is 153 Å². The van der Waals surface area contributed by atoms with Gasteiger partial charge in [-0.15, -0.1) is 5.10 Å². The molecule has 1 aromatic carbocycles. The molecule has 0 spiro atoms. The standard InChI is InChI=1S/C20H24N4O2/c1-26-16-7-4-14(5-8-16)11-20(25)24-12-15-6-9-18(17(15)13-24)22-19-3-2-10-21-23-19/h2-5,7-8,10,15,17-18H,6,9,11-13H2,1H3,(H,22,23)/t15-,17+,18-/m1/s1. The van der Waals surface area contributed by atoms with Gasteiger partial charge in [-0.3, -0.25) is 4.79 Å². The first-order chi connectivity index (χ1) is 12.7. The SMILES string of the molecule is COc1ccc(CC(=O)N2C[C@H]3CC[C@@H](Nc4cccnn4)[C@H]3C2)cc1. The van der Waals surface area contributed by atoms with Gasteiger partial charge in [-0.25, -0.2) is 0 Å². The van der Waals surface area contributed by atoms with E-state index in [4.69, 9.17) is 4.74 Å². The molecule has 0 unspecified atom stereocenters. The predicted octanol–water partition coefficient (Wildman–Crippen LogP) is 2.38. The molecule has 0 radical (unpaired) electrons. The van der Waals surface area contributed by atoms with Gasteiger partial charge in [0.1, 0.15) is 11.6 Å². The Morgan fingerprint density at radius 2 is 2.08 bits per heavy atom. The molecule has 1 N–H and O–H groups in total. The van der Waals surface area contributed by atoms with Crippen LogP contribution in [0.25, 0.3) is 0 Å². The number of hydrogen-bond donors (Lipinski definition) is 1. The summed E-state index contributed by atoms with van der Waals surface area (Å²) in [7, 11) is 1.65. The summed E-state index contributed by atoms with van der Waals surface area (Å²) in [4.78, 5) is 14.7. The number of rotatable bonds is 5. The van der Waals surface area contributed by atoms with E-state index in [2.05, 4.69) is 15.5 Å². The van der Waals surface area contributed by atoms with Gasteiger partial charge in [0.2, 0.25) is 5.91 Å². The van der Waals surface area contributed by atoms with Crippen LogP contribution in [0.1, 0.15) is 18.4 Å². The molecule has 1 aliphatic carbocycles. The van der Waals surface area contributed by atoms with Crippen molar-refractivity contribution < 1.29 is 9.53 Å². The number of hydrogen-bond acceptors (Lipinski definition) is 5. The highest BCUT2D eigenvalue weighted by Crippen LogP contribution is 2.39.